The van der Waals surface area contributed by atoms with Crippen LogP contribution in [0.1, 0.15) is 165 Å². The Morgan fingerprint density at radius 1 is 0.390 bits per heavy atom. The van der Waals surface area contributed by atoms with Crippen molar-refractivity contribution in [3.05, 3.63) is 104 Å². The molecule has 0 aliphatic heterocycles. The second-order valence-corrected chi connectivity index (χ2v) is 17.8. The standard InChI is InChI=1S/C41H60/c1-26-18-20-29(31(22-26)38(6,7)8)35(30-21-19-27(2)23-32(30)39(9,10)11)36-33(40(12,13)14)24-28(37(3,4)5)25-34(36)41(15,16)17/h18-25,35H,1-17H3. The number of rotatable bonds is 3. The topological polar surface area (TPSA) is 0 Å². The molecule has 0 aliphatic carbocycles. The largest absolute Gasteiger partial charge is 0.0590 e. The molecule has 0 N–H and O–H groups in total. The normalized spacial score (nSPS) is 13.7. The van der Waals surface area contributed by atoms with E-state index in [1.807, 2.05) is 0 Å². The molecular formula is C41H60. The molecular weight excluding hydrogens is 492 g/mol. The zero-order valence-electron chi connectivity index (χ0n) is 29.7. The van der Waals surface area contributed by atoms with Crippen molar-refractivity contribution >= 4 is 0 Å². The summed E-state index contributed by atoms with van der Waals surface area (Å²) in [6, 6.07) is 19.6. The maximum atomic E-state index is 2.55. The highest BCUT2D eigenvalue weighted by Crippen LogP contribution is 2.49. The summed E-state index contributed by atoms with van der Waals surface area (Å²) >= 11 is 0. The Labute approximate surface area is 254 Å². The Bertz CT molecular complexity index is 1290. The summed E-state index contributed by atoms with van der Waals surface area (Å²) in [5.74, 6) is 0.122. The zero-order valence-corrected chi connectivity index (χ0v) is 29.7. The van der Waals surface area contributed by atoms with Crippen LogP contribution in [-0.4, -0.2) is 0 Å². The van der Waals surface area contributed by atoms with Crippen molar-refractivity contribution in [2.75, 3.05) is 0 Å². The van der Waals surface area contributed by atoms with E-state index in [1.165, 1.54) is 55.6 Å². The molecule has 0 bridgehead atoms. The van der Waals surface area contributed by atoms with Gasteiger partial charge in [0.1, 0.15) is 0 Å². The van der Waals surface area contributed by atoms with Crippen LogP contribution in [0.4, 0.5) is 0 Å². The van der Waals surface area contributed by atoms with Gasteiger partial charge in [0.05, 0.1) is 0 Å². The zero-order chi connectivity index (χ0) is 31.5. The molecule has 0 amide bonds. The molecule has 0 aliphatic rings. The molecule has 0 heteroatoms. The van der Waals surface area contributed by atoms with Crippen LogP contribution in [0.2, 0.25) is 0 Å². The van der Waals surface area contributed by atoms with Gasteiger partial charge in [-0.2, -0.15) is 0 Å². The maximum Gasteiger partial charge on any atom is 0.0351 e. The summed E-state index contributed by atoms with van der Waals surface area (Å²) < 4.78 is 0. The molecule has 41 heavy (non-hydrogen) atoms. The van der Waals surface area contributed by atoms with Crippen LogP contribution in [0.3, 0.4) is 0 Å². The molecule has 0 saturated carbocycles. The fraction of sp³-hybridized carbons (Fsp3) is 0.561. The minimum atomic E-state index is -0.0198. The van der Waals surface area contributed by atoms with Crippen LogP contribution in [0.15, 0.2) is 48.5 Å². The first-order valence-corrected chi connectivity index (χ1v) is 15.7. The van der Waals surface area contributed by atoms with Gasteiger partial charge in [0.2, 0.25) is 0 Å². The fourth-order valence-corrected chi connectivity index (χ4v) is 6.26. The third-order valence-corrected chi connectivity index (χ3v) is 8.61. The molecule has 224 valence electrons. The molecule has 0 aromatic heterocycles. The third-order valence-electron chi connectivity index (χ3n) is 8.61. The van der Waals surface area contributed by atoms with Crippen molar-refractivity contribution in [2.45, 2.75) is 151 Å². The van der Waals surface area contributed by atoms with Crippen molar-refractivity contribution in [3.63, 3.8) is 0 Å². The summed E-state index contributed by atoms with van der Waals surface area (Å²) in [5.41, 5.74) is 14.4. The van der Waals surface area contributed by atoms with Gasteiger partial charge < -0.3 is 0 Å². The average molecular weight is 553 g/mol. The number of hydrogen-bond donors (Lipinski definition) is 0. The number of benzene rings is 3. The smallest absolute Gasteiger partial charge is 0.0351 e. The van der Waals surface area contributed by atoms with Gasteiger partial charge in [-0.1, -0.05) is 164 Å². The SMILES string of the molecule is Cc1ccc(C(c2ccc(C)cc2C(C)(C)C)c2c(C(C)(C)C)cc(C(C)(C)C)cc2C(C)(C)C)c(C(C)(C)C)c1. The van der Waals surface area contributed by atoms with Gasteiger partial charge in [0.15, 0.2) is 0 Å². The van der Waals surface area contributed by atoms with Gasteiger partial charge in [-0.25, -0.2) is 0 Å². The van der Waals surface area contributed by atoms with E-state index < -0.39 is 0 Å². The molecule has 0 nitrogen and oxygen atoms in total. The van der Waals surface area contributed by atoms with Gasteiger partial charge in [-0.05, 0) is 85.4 Å². The highest BCUT2D eigenvalue weighted by molar-refractivity contribution is 5.60. The third kappa shape index (κ3) is 7.18. The highest BCUT2D eigenvalue weighted by atomic mass is 14.4. The molecule has 0 radical (unpaired) electrons. The maximum absolute atomic E-state index is 2.55. The van der Waals surface area contributed by atoms with Crippen molar-refractivity contribution < 1.29 is 0 Å². The molecule has 0 unspecified atom stereocenters. The van der Waals surface area contributed by atoms with Gasteiger partial charge >= 0.3 is 0 Å². The lowest BCUT2D eigenvalue weighted by atomic mass is 9.64. The Morgan fingerprint density at radius 3 is 0.976 bits per heavy atom. The first-order chi connectivity index (χ1) is 18.3. The molecule has 3 aromatic rings. The van der Waals surface area contributed by atoms with E-state index in [1.54, 1.807) is 0 Å². The summed E-state index contributed by atoms with van der Waals surface area (Å²) in [6.07, 6.45) is 0. The van der Waals surface area contributed by atoms with Crippen LogP contribution in [0, 0.1) is 13.8 Å². The molecule has 0 fully saturated rings. The van der Waals surface area contributed by atoms with Crippen LogP contribution < -0.4 is 0 Å². The Balaban J connectivity index is 2.73. The van der Waals surface area contributed by atoms with Gasteiger partial charge in [0.25, 0.3) is 0 Å². The summed E-state index contributed by atoms with van der Waals surface area (Å²) in [6.45, 7) is 40.2. The predicted octanol–water partition coefficient (Wildman–Crippen LogP) is 12.0. The minimum absolute atomic E-state index is 0.0152. The van der Waals surface area contributed by atoms with Crippen LogP contribution in [0.25, 0.3) is 0 Å². The monoisotopic (exact) mass is 552 g/mol. The molecule has 3 rings (SSSR count). The quantitative estimate of drug-likeness (QED) is 0.283. The Kier molecular flexibility index (Phi) is 8.68. The van der Waals surface area contributed by atoms with Crippen molar-refractivity contribution in [1.82, 2.24) is 0 Å². The Morgan fingerprint density at radius 2 is 0.707 bits per heavy atom. The predicted molar refractivity (Wildman–Crippen MR) is 183 cm³/mol. The summed E-state index contributed by atoms with van der Waals surface area (Å²) in [5, 5.41) is 0. The van der Waals surface area contributed by atoms with Crippen LogP contribution >= 0.6 is 0 Å². The van der Waals surface area contributed by atoms with E-state index in [0.717, 1.165) is 0 Å². The van der Waals surface area contributed by atoms with E-state index in [2.05, 4.69) is 166 Å². The summed E-state index contributed by atoms with van der Waals surface area (Å²) in [4.78, 5) is 0. The molecule has 0 heterocycles. The Hall–Kier alpha value is -2.34. The van der Waals surface area contributed by atoms with E-state index in [9.17, 15) is 0 Å². The van der Waals surface area contributed by atoms with Crippen molar-refractivity contribution in [1.29, 1.82) is 0 Å². The first-order valence-electron chi connectivity index (χ1n) is 15.7. The van der Waals surface area contributed by atoms with Crippen molar-refractivity contribution in [3.8, 4) is 0 Å². The van der Waals surface area contributed by atoms with Gasteiger partial charge in [0, 0.05) is 5.92 Å². The lowest BCUT2D eigenvalue weighted by Gasteiger charge is -2.39. The van der Waals surface area contributed by atoms with Gasteiger partial charge in [-0.15, -0.1) is 0 Å². The lowest BCUT2D eigenvalue weighted by Crippen LogP contribution is -2.28. The van der Waals surface area contributed by atoms with E-state index in [0.29, 0.717) is 0 Å². The van der Waals surface area contributed by atoms with Crippen molar-refractivity contribution in [2.24, 2.45) is 0 Å². The second kappa shape index (κ2) is 10.7. The summed E-state index contributed by atoms with van der Waals surface area (Å²) in [7, 11) is 0. The van der Waals surface area contributed by atoms with Crippen LogP contribution in [0.5, 0.6) is 0 Å². The van der Waals surface area contributed by atoms with E-state index in [-0.39, 0.29) is 33.0 Å². The molecule has 0 atom stereocenters. The molecule has 3 aromatic carbocycles. The lowest BCUT2D eigenvalue weighted by molar-refractivity contribution is 0.530. The molecule has 0 saturated heterocycles. The molecule has 0 spiro atoms. The van der Waals surface area contributed by atoms with Gasteiger partial charge in [-0.3, -0.25) is 0 Å². The fourth-order valence-electron chi connectivity index (χ4n) is 6.26. The number of hydrogen-bond acceptors (Lipinski definition) is 0. The number of aryl methyl sites for hydroxylation is 2. The van der Waals surface area contributed by atoms with E-state index in [4.69, 9.17) is 0 Å². The highest BCUT2D eigenvalue weighted by Gasteiger charge is 2.37. The average Bonchev–Trinajstić information content (AvgIpc) is 2.77. The van der Waals surface area contributed by atoms with Crippen LogP contribution in [-0.2, 0) is 27.1 Å². The first kappa shape index (κ1) is 33.2. The van der Waals surface area contributed by atoms with E-state index >= 15 is 0 Å². The minimum Gasteiger partial charge on any atom is -0.0590 e. The second-order valence-electron chi connectivity index (χ2n) is 17.8.